The molecule has 0 aliphatic carbocycles. The van der Waals surface area contributed by atoms with E-state index >= 15 is 0 Å². The largest absolute Gasteiger partial charge is 0.411 e. The van der Waals surface area contributed by atoms with Gasteiger partial charge in [-0.1, -0.05) is 0 Å². The Balaban J connectivity index is 3.07. The van der Waals surface area contributed by atoms with Crippen LogP contribution in [0.3, 0.4) is 0 Å². The van der Waals surface area contributed by atoms with Gasteiger partial charge in [-0.15, -0.1) is 0 Å². The van der Waals surface area contributed by atoms with E-state index in [1.165, 1.54) is 0 Å². The van der Waals surface area contributed by atoms with E-state index in [2.05, 4.69) is 4.74 Å². The molecule has 0 fully saturated rings. The van der Waals surface area contributed by atoms with Gasteiger partial charge in [0, 0.05) is 0 Å². The summed E-state index contributed by atoms with van der Waals surface area (Å²) >= 11 is 0. The first-order chi connectivity index (χ1) is 4.06. The van der Waals surface area contributed by atoms with Gasteiger partial charge in [-0.3, -0.25) is 0 Å². The van der Waals surface area contributed by atoms with Gasteiger partial charge in [-0.25, -0.2) is 0 Å². The van der Waals surface area contributed by atoms with Crippen molar-refractivity contribution < 1.29 is 23.0 Å². The number of hydrogen-bond acceptors (Lipinski definition) is 2. The molecule has 0 aromatic rings. The Morgan fingerprint density at radius 1 is 1.44 bits per heavy atom. The summed E-state index contributed by atoms with van der Waals surface area (Å²) in [5.74, 6) is 0. The molecule has 0 saturated carbocycles. The third-order valence-corrected chi connectivity index (χ3v) is 0.439. The minimum Gasteiger partial charge on any atom is -0.394 e. The molecule has 0 bridgehead atoms. The Hall–Kier alpha value is -0.290. The first-order valence-electron chi connectivity index (χ1n) is 2.17. The van der Waals surface area contributed by atoms with Crippen molar-refractivity contribution in [1.29, 1.82) is 0 Å². The van der Waals surface area contributed by atoms with Gasteiger partial charge < -0.3 is 9.84 Å². The van der Waals surface area contributed by atoms with Gasteiger partial charge >= 0.3 is 6.18 Å². The van der Waals surface area contributed by atoms with Gasteiger partial charge in [0.15, 0.2) is 0 Å². The van der Waals surface area contributed by atoms with Crippen molar-refractivity contribution in [3.63, 3.8) is 0 Å². The molecule has 0 aromatic carbocycles. The van der Waals surface area contributed by atoms with E-state index < -0.39 is 19.4 Å². The lowest BCUT2D eigenvalue weighted by molar-refractivity contribution is -0.167. The Morgan fingerprint density at radius 2 is 2.00 bits per heavy atom. The predicted molar refractivity (Wildman–Crippen MR) is 23.4 cm³/mol. The lowest BCUT2D eigenvalue weighted by Gasteiger charge is -2.04. The van der Waals surface area contributed by atoms with E-state index in [0.29, 0.717) is 6.61 Å². The van der Waals surface area contributed by atoms with Gasteiger partial charge in [-0.2, -0.15) is 13.2 Å². The fourth-order valence-electron chi connectivity index (χ4n) is 0.206. The summed E-state index contributed by atoms with van der Waals surface area (Å²) in [6, 6.07) is 0. The van der Waals surface area contributed by atoms with Crippen LogP contribution in [0.5, 0.6) is 0 Å². The monoisotopic (exact) mass is 143 g/mol. The van der Waals surface area contributed by atoms with Crippen LogP contribution in [0.2, 0.25) is 0 Å². The second kappa shape index (κ2) is 3.68. The molecule has 9 heavy (non-hydrogen) atoms. The molecule has 0 atom stereocenters. The molecule has 5 heteroatoms. The number of halogens is 3. The molecular weight excluding hydrogens is 137 g/mol. The van der Waals surface area contributed by atoms with Crippen molar-refractivity contribution >= 4 is 0 Å². The molecule has 2 nitrogen and oxygen atoms in total. The summed E-state index contributed by atoms with van der Waals surface area (Å²) in [7, 11) is 0. The van der Waals surface area contributed by atoms with Gasteiger partial charge in [0.1, 0.15) is 13.2 Å². The van der Waals surface area contributed by atoms with Crippen LogP contribution >= 0.6 is 0 Å². The quantitative estimate of drug-likeness (QED) is 0.590. The van der Waals surface area contributed by atoms with Crippen LogP contribution < -0.4 is 0 Å². The Kier molecular flexibility index (Phi) is 3.56. The molecular formula is C4H6F3O2. The summed E-state index contributed by atoms with van der Waals surface area (Å²) in [5.41, 5.74) is 0. The van der Waals surface area contributed by atoms with Crippen LogP contribution in [-0.2, 0) is 4.74 Å². The third-order valence-electron chi connectivity index (χ3n) is 0.439. The molecule has 0 rings (SSSR count). The summed E-state index contributed by atoms with van der Waals surface area (Å²) < 4.78 is 37.3. The molecule has 55 valence electrons. The average Bonchev–Trinajstić information content (AvgIpc) is 1.63. The standard InChI is InChI=1S/C4H6F3O2/c5-4(6,7)3-9-2-1-8/h2,8H,1,3H2. The Labute approximate surface area is 50.2 Å². The van der Waals surface area contributed by atoms with Gasteiger partial charge in [-0.05, 0) is 0 Å². The fraction of sp³-hybridized carbons (Fsp3) is 0.750. The number of alkyl halides is 3. The van der Waals surface area contributed by atoms with Crippen LogP contribution in [0.15, 0.2) is 0 Å². The van der Waals surface area contributed by atoms with Crippen LogP contribution in [0, 0.1) is 6.61 Å². The highest BCUT2D eigenvalue weighted by molar-refractivity contribution is 4.50. The molecule has 1 N–H and O–H groups in total. The van der Waals surface area contributed by atoms with E-state index in [-0.39, 0.29) is 0 Å². The smallest absolute Gasteiger partial charge is 0.394 e. The summed E-state index contributed by atoms with van der Waals surface area (Å²) in [4.78, 5) is 0. The van der Waals surface area contributed by atoms with Crippen molar-refractivity contribution in [3.8, 4) is 0 Å². The van der Waals surface area contributed by atoms with Crippen molar-refractivity contribution in [2.75, 3.05) is 13.2 Å². The molecule has 0 spiro atoms. The third kappa shape index (κ3) is 7.71. The van der Waals surface area contributed by atoms with Crippen molar-refractivity contribution in [3.05, 3.63) is 6.61 Å². The summed E-state index contributed by atoms with van der Waals surface area (Å²) in [6.45, 7) is -1.16. The number of aliphatic hydroxyl groups excluding tert-OH is 1. The number of rotatable bonds is 3. The van der Waals surface area contributed by atoms with Crippen molar-refractivity contribution in [1.82, 2.24) is 0 Å². The van der Waals surface area contributed by atoms with E-state index in [1.807, 2.05) is 0 Å². The maximum atomic E-state index is 11.2. The van der Waals surface area contributed by atoms with E-state index in [1.54, 1.807) is 0 Å². The minimum atomic E-state index is -4.31. The summed E-state index contributed by atoms with van der Waals surface area (Å²) in [5, 5.41) is 7.92. The molecule has 0 heterocycles. The second-order valence-electron chi connectivity index (χ2n) is 1.28. The molecule has 0 aliphatic heterocycles. The number of ether oxygens (including phenoxy) is 1. The fourth-order valence-corrected chi connectivity index (χ4v) is 0.206. The maximum Gasteiger partial charge on any atom is 0.411 e. The topological polar surface area (TPSA) is 29.5 Å². The van der Waals surface area contributed by atoms with Crippen LogP contribution in [0.1, 0.15) is 0 Å². The van der Waals surface area contributed by atoms with Crippen LogP contribution in [-0.4, -0.2) is 24.5 Å². The Bertz CT molecular complexity index is 70.7. The maximum absolute atomic E-state index is 11.2. The molecule has 0 aliphatic rings. The average molecular weight is 143 g/mol. The zero-order valence-corrected chi connectivity index (χ0v) is 4.48. The highest BCUT2D eigenvalue weighted by Gasteiger charge is 2.27. The predicted octanol–water partition coefficient (Wildman–Crippen LogP) is 0.719. The number of aliphatic hydroxyl groups is 1. The minimum absolute atomic E-state index is 0.504. The van der Waals surface area contributed by atoms with Gasteiger partial charge in [0.2, 0.25) is 0 Å². The zero-order valence-electron chi connectivity index (χ0n) is 4.48. The van der Waals surface area contributed by atoms with Gasteiger partial charge in [0.25, 0.3) is 0 Å². The molecule has 0 unspecified atom stereocenters. The summed E-state index contributed by atoms with van der Waals surface area (Å²) in [6.07, 6.45) is -4.31. The molecule has 0 aromatic heterocycles. The van der Waals surface area contributed by atoms with Crippen LogP contribution in [0.25, 0.3) is 0 Å². The second-order valence-corrected chi connectivity index (χ2v) is 1.28. The SMILES string of the molecule is OC[CH]OCC(F)(F)F. The van der Waals surface area contributed by atoms with Crippen LogP contribution in [0.4, 0.5) is 13.2 Å². The highest BCUT2D eigenvalue weighted by Crippen LogP contribution is 2.14. The van der Waals surface area contributed by atoms with E-state index in [9.17, 15) is 13.2 Å². The number of hydrogen-bond donors (Lipinski definition) is 1. The normalized spacial score (nSPS) is 12.0. The van der Waals surface area contributed by atoms with Crippen molar-refractivity contribution in [2.45, 2.75) is 6.18 Å². The first-order valence-corrected chi connectivity index (χ1v) is 2.17. The van der Waals surface area contributed by atoms with E-state index in [0.717, 1.165) is 0 Å². The highest BCUT2D eigenvalue weighted by atomic mass is 19.4. The molecule has 0 saturated heterocycles. The zero-order chi connectivity index (χ0) is 7.33. The first kappa shape index (κ1) is 8.71. The lowest BCUT2D eigenvalue weighted by atomic mass is 10.7. The molecule has 0 amide bonds. The lowest BCUT2D eigenvalue weighted by Crippen LogP contribution is -2.16. The van der Waals surface area contributed by atoms with Crippen molar-refractivity contribution in [2.24, 2.45) is 0 Å². The molecule has 1 radical (unpaired) electrons. The van der Waals surface area contributed by atoms with Gasteiger partial charge in [0.05, 0.1) is 6.61 Å². The Morgan fingerprint density at radius 3 is 2.33 bits per heavy atom. The van der Waals surface area contributed by atoms with E-state index in [4.69, 9.17) is 5.11 Å².